The molecule has 2 saturated carbocycles. The highest BCUT2D eigenvalue weighted by atomic mass is 15.3. The lowest BCUT2D eigenvalue weighted by atomic mass is 9.67. The molecule has 3 fully saturated rings. The summed E-state index contributed by atoms with van der Waals surface area (Å²) in [5.74, 6) is 0.940. The van der Waals surface area contributed by atoms with Crippen molar-refractivity contribution in [1.82, 2.24) is 4.90 Å². The summed E-state index contributed by atoms with van der Waals surface area (Å²) < 4.78 is 0. The van der Waals surface area contributed by atoms with Gasteiger partial charge < -0.3 is 0 Å². The lowest BCUT2D eigenvalue weighted by molar-refractivity contribution is -0.131. The molecule has 0 bridgehead atoms. The second kappa shape index (κ2) is 4.48. The fraction of sp³-hybridized carbons (Fsp3) is 1.00. The van der Waals surface area contributed by atoms with Crippen LogP contribution in [0.4, 0.5) is 0 Å². The van der Waals surface area contributed by atoms with E-state index in [4.69, 9.17) is 0 Å². The van der Waals surface area contributed by atoms with E-state index in [0.29, 0.717) is 16.6 Å². The van der Waals surface area contributed by atoms with Crippen LogP contribution in [0, 0.1) is 5.92 Å². The molecular weight excluding hydrogens is 230 g/mol. The first-order valence-corrected chi connectivity index (χ1v) is 8.69. The van der Waals surface area contributed by atoms with Gasteiger partial charge in [0.1, 0.15) is 0 Å². The molecule has 1 saturated heterocycles. The molecule has 1 aliphatic heterocycles. The Balaban J connectivity index is 2.03. The predicted octanol–water partition coefficient (Wildman–Crippen LogP) is 5.14. The van der Waals surface area contributed by atoms with Gasteiger partial charge >= 0.3 is 0 Å². The highest BCUT2D eigenvalue weighted by molar-refractivity contribution is 5.13. The average Bonchev–Trinajstić information content (AvgIpc) is 2.86. The van der Waals surface area contributed by atoms with Crippen molar-refractivity contribution in [2.24, 2.45) is 5.92 Å². The third kappa shape index (κ3) is 2.17. The molecule has 0 amide bonds. The van der Waals surface area contributed by atoms with E-state index in [-0.39, 0.29) is 0 Å². The maximum atomic E-state index is 3.06. The smallest absolute Gasteiger partial charge is 0.0222 e. The van der Waals surface area contributed by atoms with Crippen LogP contribution in [-0.4, -0.2) is 21.5 Å². The molecule has 0 atom stereocenters. The third-order valence-corrected chi connectivity index (χ3v) is 6.14. The standard InChI is InChI=1S/C18H33N/c1-15-13-17(9-5-6-10-17)19(16(2,3)4)18(14-15)11-7-8-12-18/h15H,5-14H2,1-4H3. The molecular formula is C18H33N. The molecule has 0 unspecified atom stereocenters. The minimum atomic E-state index is 0.342. The first-order chi connectivity index (χ1) is 8.88. The van der Waals surface area contributed by atoms with Gasteiger partial charge in [-0.25, -0.2) is 0 Å². The molecule has 19 heavy (non-hydrogen) atoms. The Bertz CT molecular complexity index is 300. The second-order valence-corrected chi connectivity index (χ2v) is 8.88. The van der Waals surface area contributed by atoms with Gasteiger partial charge in [-0.1, -0.05) is 32.6 Å². The number of hydrogen-bond acceptors (Lipinski definition) is 1. The molecule has 1 heterocycles. The maximum Gasteiger partial charge on any atom is 0.0222 e. The number of piperidine rings is 1. The fourth-order valence-corrected chi connectivity index (χ4v) is 6.40. The fourth-order valence-electron chi connectivity index (χ4n) is 6.40. The van der Waals surface area contributed by atoms with Gasteiger partial charge in [0.25, 0.3) is 0 Å². The molecule has 3 rings (SSSR count). The minimum Gasteiger partial charge on any atom is -0.287 e. The summed E-state index contributed by atoms with van der Waals surface area (Å²) in [4.78, 5) is 3.06. The Labute approximate surface area is 120 Å². The predicted molar refractivity (Wildman–Crippen MR) is 82.4 cm³/mol. The Morgan fingerprint density at radius 2 is 1.16 bits per heavy atom. The average molecular weight is 263 g/mol. The SMILES string of the molecule is CC1CC2(CCCC2)N(C(C)(C)C)C2(CCCC2)C1. The van der Waals surface area contributed by atoms with Crippen molar-refractivity contribution in [1.29, 1.82) is 0 Å². The molecule has 1 heteroatoms. The molecule has 2 aliphatic carbocycles. The van der Waals surface area contributed by atoms with Crippen LogP contribution in [0.3, 0.4) is 0 Å². The summed E-state index contributed by atoms with van der Waals surface area (Å²) in [6.07, 6.45) is 14.7. The Morgan fingerprint density at radius 3 is 1.47 bits per heavy atom. The summed E-state index contributed by atoms with van der Waals surface area (Å²) in [6, 6.07) is 0. The first-order valence-electron chi connectivity index (χ1n) is 8.69. The number of rotatable bonds is 0. The van der Waals surface area contributed by atoms with Gasteiger partial charge in [-0.3, -0.25) is 4.90 Å². The zero-order valence-corrected chi connectivity index (χ0v) is 13.6. The monoisotopic (exact) mass is 263 g/mol. The van der Waals surface area contributed by atoms with Gasteiger partial charge in [-0.2, -0.15) is 0 Å². The Morgan fingerprint density at radius 1 is 0.789 bits per heavy atom. The molecule has 3 aliphatic rings. The van der Waals surface area contributed by atoms with Crippen LogP contribution in [0.5, 0.6) is 0 Å². The van der Waals surface area contributed by atoms with Crippen molar-refractivity contribution < 1.29 is 0 Å². The van der Waals surface area contributed by atoms with E-state index in [1.165, 1.54) is 64.2 Å². The van der Waals surface area contributed by atoms with E-state index in [1.54, 1.807) is 0 Å². The van der Waals surface area contributed by atoms with Gasteiger partial charge in [-0.15, -0.1) is 0 Å². The summed E-state index contributed by atoms with van der Waals surface area (Å²) in [5, 5.41) is 0. The molecule has 0 radical (unpaired) electrons. The normalized spacial score (nSPS) is 34.4. The number of nitrogens with zero attached hydrogens (tertiary/aromatic N) is 1. The number of hydrogen-bond donors (Lipinski definition) is 0. The van der Waals surface area contributed by atoms with E-state index >= 15 is 0 Å². The second-order valence-electron chi connectivity index (χ2n) is 8.88. The zero-order valence-electron chi connectivity index (χ0n) is 13.6. The largest absolute Gasteiger partial charge is 0.287 e. The summed E-state index contributed by atoms with van der Waals surface area (Å²) in [6.45, 7) is 9.95. The van der Waals surface area contributed by atoms with Gasteiger partial charge in [0, 0.05) is 16.6 Å². The topological polar surface area (TPSA) is 3.24 Å². The van der Waals surface area contributed by atoms with Gasteiger partial charge in [0.2, 0.25) is 0 Å². The van der Waals surface area contributed by atoms with Crippen LogP contribution in [0.1, 0.15) is 91.9 Å². The molecule has 0 aromatic rings. The maximum absolute atomic E-state index is 3.06. The molecule has 0 aromatic heterocycles. The minimum absolute atomic E-state index is 0.342. The van der Waals surface area contributed by atoms with Crippen molar-refractivity contribution in [3.8, 4) is 0 Å². The molecule has 0 aromatic carbocycles. The van der Waals surface area contributed by atoms with Crippen molar-refractivity contribution in [2.75, 3.05) is 0 Å². The molecule has 2 spiro atoms. The van der Waals surface area contributed by atoms with Crippen molar-refractivity contribution >= 4 is 0 Å². The van der Waals surface area contributed by atoms with Crippen LogP contribution in [-0.2, 0) is 0 Å². The van der Waals surface area contributed by atoms with Crippen LogP contribution >= 0.6 is 0 Å². The Hall–Kier alpha value is -0.0400. The third-order valence-electron chi connectivity index (χ3n) is 6.14. The van der Waals surface area contributed by atoms with Gasteiger partial charge in [0.05, 0.1) is 0 Å². The van der Waals surface area contributed by atoms with Gasteiger partial charge in [-0.05, 0) is 65.2 Å². The number of likely N-dealkylation sites (tertiary alicyclic amines) is 1. The van der Waals surface area contributed by atoms with Crippen molar-refractivity contribution in [3.63, 3.8) is 0 Å². The van der Waals surface area contributed by atoms with E-state index < -0.39 is 0 Å². The first kappa shape index (κ1) is 13.9. The summed E-state index contributed by atoms with van der Waals surface area (Å²) in [7, 11) is 0. The van der Waals surface area contributed by atoms with E-state index in [0.717, 1.165) is 5.92 Å². The summed E-state index contributed by atoms with van der Waals surface area (Å²) >= 11 is 0. The Kier molecular flexibility index (Phi) is 3.28. The van der Waals surface area contributed by atoms with Crippen molar-refractivity contribution in [2.45, 2.75) is 109 Å². The highest BCUT2D eigenvalue weighted by Gasteiger charge is 2.57. The molecule has 0 N–H and O–H groups in total. The highest BCUT2D eigenvalue weighted by Crippen LogP contribution is 2.57. The van der Waals surface area contributed by atoms with Crippen molar-refractivity contribution in [3.05, 3.63) is 0 Å². The molecule has 1 nitrogen and oxygen atoms in total. The van der Waals surface area contributed by atoms with Crippen LogP contribution in [0.2, 0.25) is 0 Å². The van der Waals surface area contributed by atoms with Crippen LogP contribution in [0.15, 0.2) is 0 Å². The van der Waals surface area contributed by atoms with Crippen LogP contribution < -0.4 is 0 Å². The van der Waals surface area contributed by atoms with E-state index in [9.17, 15) is 0 Å². The van der Waals surface area contributed by atoms with Gasteiger partial charge in [0.15, 0.2) is 0 Å². The lowest BCUT2D eigenvalue weighted by Gasteiger charge is -2.63. The zero-order chi connectivity index (χ0) is 13.7. The quantitative estimate of drug-likeness (QED) is 0.585. The summed E-state index contributed by atoms with van der Waals surface area (Å²) in [5.41, 5.74) is 1.45. The lowest BCUT2D eigenvalue weighted by Crippen LogP contribution is -2.69. The molecule has 110 valence electrons. The van der Waals surface area contributed by atoms with E-state index in [1.807, 2.05) is 0 Å². The van der Waals surface area contributed by atoms with Crippen LogP contribution in [0.25, 0.3) is 0 Å². The van der Waals surface area contributed by atoms with E-state index in [2.05, 4.69) is 32.6 Å².